The Morgan fingerprint density at radius 3 is 3.16 bits per heavy atom. The van der Waals surface area contributed by atoms with Crippen molar-refractivity contribution in [2.45, 2.75) is 19.4 Å². The molecule has 0 bridgehead atoms. The molecule has 3 heterocycles. The molecule has 2 aromatic heterocycles. The van der Waals surface area contributed by atoms with E-state index in [0.717, 1.165) is 29.2 Å². The van der Waals surface area contributed by atoms with E-state index in [1.165, 1.54) is 0 Å². The fraction of sp³-hybridized carbons (Fsp3) is 0.385. The summed E-state index contributed by atoms with van der Waals surface area (Å²) in [5.41, 5.74) is 2.07. The van der Waals surface area contributed by atoms with Crippen LogP contribution >= 0.6 is 22.9 Å². The summed E-state index contributed by atoms with van der Waals surface area (Å²) >= 11 is 7.63. The van der Waals surface area contributed by atoms with Gasteiger partial charge in [0.25, 0.3) is 0 Å². The molecular weight excluding hydrogens is 282 g/mol. The standard InChI is InChI=1S/C13H14ClN3OS/c1-16-11-8-17(5-4-10(11)15-13(16)14)12(18)7-9-3-2-6-19-9/h2-3,6H,4-5,7-8H2,1H3. The quantitative estimate of drug-likeness (QED) is 0.852. The highest BCUT2D eigenvalue weighted by atomic mass is 35.5. The second-order valence-corrected chi connectivity index (χ2v) is 6.02. The van der Waals surface area contributed by atoms with E-state index in [4.69, 9.17) is 11.6 Å². The normalized spacial score (nSPS) is 14.5. The van der Waals surface area contributed by atoms with Crippen molar-refractivity contribution in [1.29, 1.82) is 0 Å². The Bertz CT molecular complexity index is 606. The molecule has 0 N–H and O–H groups in total. The molecule has 0 unspecified atom stereocenters. The number of nitrogens with zero attached hydrogens (tertiary/aromatic N) is 3. The van der Waals surface area contributed by atoms with Gasteiger partial charge in [-0.05, 0) is 23.0 Å². The lowest BCUT2D eigenvalue weighted by molar-refractivity contribution is -0.131. The Hall–Kier alpha value is -1.33. The van der Waals surface area contributed by atoms with Gasteiger partial charge in [-0.25, -0.2) is 4.98 Å². The minimum atomic E-state index is 0.172. The van der Waals surface area contributed by atoms with Crippen LogP contribution in [0, 0.1) is 0 Å². The summed E-state index contributed by atoms with van der Waals surface area (Å²) in [5, 5.41) is 2.50. The predicted octanol–water partition coefficient (Wildman–Crippen LogP) is 2.26. The molecule has 100 valence electrons. The average Bonchev–Trinajstić information content (AvgIpc) is 2.99. The largest absolute Gasteiger partial charge is 0.336 e. The summed E-state index contributed by atoms with van der Waals surface area (Å²) < 4.78 is 1.86. The lowest BCUT2D eigenvalue weighted by Gasteiger charge is -2.27. The van der Waals surface area contributed by atoms with Gasteiger partial charge < -0.3 is 9.47 Å². The number of rotatable bonds is 2. The minimum Gasteiger partial charge on any atom is -0.336 e. The Kier molecular flexibility index (Phi) is 3.33. The topological polar surface area (TPSA) is 38.1 Å². The van der Waals surface area contributed by atoms with Crippen LogP contribution in [-0.2, 0) is 31.2 Å². The Morgan fingerprint density at radius 1 is 1.58 bits per heavy atom. The molecular formula is C13H14ClN3OS. The first-order valence-corrected chi connectivity index (χ1v) is 7.41. The second-order valence-electron chi connectivity index (χ2n) is 4.65. The van der Waals surface area contributed by atoms with Gasteiger partial charge in [0.05, 0.1) is 24.4 Å². The summed E-state index contributed by atoms with van der Waals surface area (Å²) in [6.45, 7) is 1.33. The molecule has 0 aromatic carbocycles. The maximum Gasteiger partial charge on any atom is 0.228 e. The third kappa shape index (κ3) is 2.40. The number of fused-ring (bicyclic) bond motifs is 1. The van der Waals surface area contributed by atoms with Crippen molar-refractivity contribution < 1.29 is 4.79 Å². The summed E-state index contributed by atoms with van der Waals surface area (Å²) in [7, 11) is 1.89. The predicted molar refractivity (Wildman–Crippen MR) is 75.4 cm³/mol. The Labute approximate surface area is 120 Å². The highest BCUT2D eigenvalue weighted by Crippen LogP contribution is 2.22. The van der Waals surface area contributed by atoms with E-state index in [1.54, 1.807) is 11.3 Å². The Balaban J connectivity index is 1.74. The molecule has 0 spiro atoms. The van der Waals surface area contributed by atoms with Gasteiger partial charge in [-0.1, -0.05) is 6.07 Å². The SMILES string of the molecule is Cn1c(Cl)nc2c1CN(C(=O)Cc1cccs1)CC2. The first-order valence-electron chi connectivity index (χ1n) is 6.15. The summed E-state index contributed by atoms with van der Waals surface area (Å²) in [6.07, 6.45) is 1.27. The molecule has 0 fully saturated rings. The number of thiophene rings is 1. The number of hydrogen-bond acceptors (Lipinski definition) is 3. The highest BCUT2D eigenvalue weighted by Gasteiger charge is 2.25. The first-order chi connectivity index (χ1) is 9.15. The van der Waals surface area contributed by atoms with Gasteiger partial charge in [-0.2, -0.15) is 0 Å². The highest BCUT2D eigenvalue weighted by molar-refractivity contribution is 7.10. The van der Waals surface area contributed by atoms with Crippen molar-refractivity contribution >= 4 is 28.8 Å². The monoisotopic (exact) mass is 295 g/mol. The molecule has 1 amide bonds. The maximum absolute atomic E-state index is 12.3. The van der Waals surface area contributed by atoms with Crippen molar-refractivity contribution in [3.63, 3.8) is 0 Å². The number of halogens is 1. The van der Waals surface area contributed by atoms with Crippen LogP contribution in [0.15, 0.2) is 17.5 Å². The van der Waals surface area contributed by atoms with Gasteiger partial charge in [0, 0.05) is 24.9 Å². The van der Waals surface area contributed by atoms with Crippen LogP contribution in [-0.4, -0.2) is 26.9 Å². The van der Waals surface area contributed by atoms with Crippen LogP contribution in [0.5, 0.6) is 0 Å². The van der Waals surface area contributed by atoms with Crippen LogP contribution < -0.4 is 0 Å². The molecule has 19 heavy (non-hydrogen) atoms. The van der Waals surface area contributed by atoms with Crippen molar-refractivity contribution in [2.24, 2.45) is 7.05 Å². The lowest BCUT2D eigenvalue weighted by atomic mass is 10.1. The van der Waals surface area contributed by atoms with Crippen molar-refractivity contribution in [3.8, 4) is 0 Å². The molecule has 0 radical (unpaired) electrons. The molecule has 0 saturated heterocycles. The number of imidazole rings is 1. The molecule has 6 heteroatoms. The van der Waals surface area contributed by atoms with E-state index in [0.29, 0.717) is 18.2 Å². The number of aromatic nitrogens is 2. The van der Waals surface area contributed by atoms with Crippen molar-refractivity contribution in [3.05, 3.63) is 39.1 Å². The molecule has 0 atom stereocenters. The summed E-state index contributed by atoms with van der Waals surface area (Å²) in [5.74, 6) is 0.172. The second kappa shape index (κ2) is 4.98. The molecule has 3 rings (SSSR count). The fourth-order valence-corrected chi connectivity index (χ4v) is 3.24. The molecule has 1 aliphatic heterocycles. The molecule has 1 aliphatic rings. The fourth-order valence-electron chi connectivity index (χ4n) is 2.34. The zero-order chi connectivity index (χ0) is 13.4. The van der Waals surface area contributed by atoms with Gasteiger partial charge in [-0.15, -0.1) is 11.3 Å². The van der Waals surface area contributed by atoms with E-state index >= 15 is 0 Å². The van der Waals surface area contributed by atoms with E-state index in [2.05, 4.69) is 4.98 Å². The lowest BCUT2D eigenvalue weighted by Crippen LogP contribution is -2.37. The van der Waals surface area contributed by atoms with E-state index < -0.39 is 0 Å². The van der Waals surface area contributed by atoms with Crippen LogP contribution in [0.25, 0.3) is 0 Å². The van der Waals surface area contributed by atoms with E-state index in [-0.39, 0.29) is 5.91 Å². The Morgan fingerprint density at radius 2 is 2.42 bits per heavy atom. The molecule has 2 aromatic rings. The maximum atomic E-state index is 12.3. The van der Waals surface area contributed by atoms with E-state index in [1.807, 2.05) is 34.0 Å². The first kappa shape index (κ1) is 12.7. The zero-order valence-electron chi connectivity index (χ0n) is 10.6. The van der Waals surface area contributed by atoms with Crippen LogP contribution in [0.3, 0.4) is 0 Å². The smallest absolute Gasteiger partial charge is 0.228 e. The van der Waals surface area contributed by atoms with Gasteiger partial charge >= 0.3 is 0 Å². The van der Waals surface area contributed by atoms with Crippen LogP contribution in [0.4, 0.5) is 0 Å². The summed E-state index contributed by atoms with van der Waals surface area (Å²) in [6, 6.07) is 3.97. The van der Waals surface area contributed by atoms with Crippen LogP contribution in [0.1, 0.15) is 16.3 Å². The molecule has 4 nitrogen and oxygen atoms in total. The molecule has 0 saturated carbocycles. The van der Waals surface area contributed by atoms with Crippen molar-refractivity contribution in [2.75, 3.05) is 6.54 Å². The van der Waals surface area contributed by atoms with Gasteiger partial charge in [0.1, 0.15) is 0 Å². The number of amides is 1. The third-order valence-electron chi connectivity index (χ3n) is 3.46. The minimum absolute atomic E-state index is 0.172. The average molecular weight is 296 g/mol. The van der Waals surface area contributed by atoms with E-state index in [9.17, 15) is 4.79 Å². The number of carbonyl (C=O) groups is 1. The summed E-state index contributed by atoms with van der Waals surface area (Å²) in [4.78, 5) is 19.6. The van der Waals surface area contributed by atoms with Crippen LogP contribution in [0.2, 0.25) is 5.28 Å². The number of hydrogen-bond donors (Lipinski definition) is 0. The molecule has 0 aliphatic carbocycles. The van der Waals surface area contributed by atoms with Gasteiger partial charge in [0.15, 0.2) is 0 Å². The number of carbonyl (C=O) groups excluding carboxylic acids is 1. The zero-order valence-corrected chi connectivity index (χ0v) is 12.2. The van der Waals surface area contributed by atoms with Gasteiger partial charge in [-0.3, -0.25) is 4.79 Å². The third-order valence-corrected chi connectivity index (χ3v) is 4.67. The van der Waals surface area contributed by atoms with Gasteiger partial charge in [0.2, 0.25) is 11.2 Å². The van der Waals surface area contributed by atoms with Crippen molar-refractivity contribution in [1.82, 2.24) is 14.5 Å².